The molecule has 1 aliphatic heterocycles. The standard InChI is InChI=1S/C16H27N5O2/c1-2-17-16-19-10-13(11-20-16)15(23)18-7-5-9-21-8-4-3-6-14(21)12-22/h10-11,14,22H,2-9,12H2,1H3,(H,18,23)(H,17,19,20)/t14-/m1/s1. The van der Waals surface area contributed by atoms with Gasteiger partial charge in [0.15, 0.2) is 0 Å². The van der Waals surface area contributed by atoms with Crippen LogP contribution in [0.4, 0.5) is 5.95 Å². The van der Waals surface area contributed by atoms with Crippen molar-refractivity contribution in [3.05, 3.63) is 18.0 Å². The first kappa shape index (κ1) is 17.6. The number of aromatic nitrogens is 2. The zero-order valence-electron chi connectivity index (χ0n) is 13.8. The molecule has 0 unspecified atom stereocenters. The van der Waals surface area contributed by atoms with E-state index in [-0.39, 0.29) is 18.6 Å². The minimum atomic E-state index is -0.148. The summed E-state index contributed by atoms with van der Waals surface area (Å²) in [4.78, 5) is 22.5. The van der Waals surface area contributed by atoms with Gasteiger partial charge in [-0.05, 0) is 32.7 Å². The van der Waals surface area contributed by atoms with Crippen LogP contribution in [0.2, 0.25) is 0 Å². The van der Waals surface area contributed by atoms with Crippen LogP contribution in [0.3, 0.4) is 0 Å². The van der Waals surface area contributed by atoms with E-state index in [4.69, 9.17) is 0 Å². The number of carbonyl (C=O) groups is 1. The van der Waals surface area contributed by atoms with Crippen molar-refractivity contribution in [2.45, 2.75) is 38.6 Å². The summed E-state index contributed by atoms with van der Waals surface area (Å²) in [6, 6.07) is 0.284. The van der Waals surface area contributed by atoms with E-state index in [1.54, 1.807) is 0 Å². The van der Waals surface area contributed by atoms with Crippen LogP contribution in [0.5, 0.6) is 0 Å². The number of hydrogen-bond donors (Lipinski definition) is 3. The minimum absolute atomic E-state index is 0.148. The van der Waals surface area contributed by atoms with Gasteiger partial charge in [-0.1, -0.05) is 6.42 Å². The van der Waals surface area contributed by atoms with Crippen LogP contribution in [-0.4, -0.2) is 64.7 Å². The lowest BCUT2D eigenvalue weighted by molar-refractivity contribution is 0.0868. The van der Waals surface area contributed by atoms with Crippen LogP contribution in [0, 0.1) is 0 Å². The molecule has 3 N–H and O–H groups in total. The average molecular weight is 321 g/mol. The van der Waals surface area contributed by atoms with Crippen LogP contribution in [0.25, 0.3) is 0 Å². The Kier molecular flexibility index (Phi) is 7.22. The molecule has 1 aromatic heterocycles. The largest absolute Gasteiger partial charge is 0.395 e. The first-order valence-electron chi connectivity index (χ1n) is 8.43. The van der Waals surface area contributed by atoms with Crippen molar-refractivity contribution in [3.8, 4) is 0 Å². The van der Waals surface area contributed by atoms with Crippen LogP contribution >= 0.6 is 0 Å². The Morgan fingerprint density at radius 3 is 2.87 bits per heavy atom. The summed E-state index contributed by atoms with van der Waals surface area (Å²) in [5, 5.41) is 15.3. The Morgan fingerprint density at radius 2 is 2.17 bits per heavy atom. The monoisotopic (exact) mass is 321 g/mol. The van der Waals surface area contributed by atoms with Crippen molar-refractivity contribution in [2.75, 3.05) is 38.1 Å². The van der Waals surface area contributed by atoms with Gasteiger partial charge in [-0.15, -0.1) is 0 Å². The van der Waals surface area contributed by atoms with E-state index in [2.05, 4.69) is 25.5 Å². The molecule has 0 bridgehead atoms. The van der Waals surface area contributed by atoms with Crippen molar-refractivity contribution >= 4 is 11.9 Å². The Labute approximate surface area is 137 Å². The molecule has 0 aromatic carbocycles. The number of anilines is 1. The summed E-state index contributed by atoms with van der Waals surface area (Å²) in [6.45, 7) is 5.50. The van der Waals surface area contributed by atoms with E-state index >= 15 is 0 Å². The molecule has 1 amide bonds. The fraction of sp³-hybridized carbons (Fsp3) is 0.688. The summed E-state index contributed by atoms with van der Waals surface area (Å²) in [7, 11) is 0. The third-order valence-electron chi connectivity index (χ3n) is 4.12. The second kappa shape index (κ2) is 9.42. The normalized spacial score (nSPS) is 18.6. The molecular formula is C16H27N5O2. The number of piperidine rings is 1. The van der Waals surface area contributed by atoms with Gasteiger partial charge in [0.2, 0.25) is 5.95 Å². The maximum atomic E-state index is 12.0. The zero-order valence-corrected chi connectivity index (χ0v) is 13.8. The Bertz CT molecular complexity index is 480. The average Bonchev–Trinajstić information content (AvgIpc) is 2.60. The van der Waals surface area contributed by atoms with Crippen LogP contribution in [0.1, 0.15) is 43.0 Å². The molecule has 7 heteroatoms. The summed E-state index contributed by atoms with van der Waals surface area (Å²) >= 11 is 0. The van der Waals surface area contributed by atoms with Gasteiger partial charge in [-0.3, -0.25) is 9.69 Å². The smallest absolute Gasteiger partial charge is 0.254 e. The number of hydrogen-bond acceptors (Lipinski definition) is 6. The van der Waals surface area contributed by atoms with Gasteiger partial charge < -0.3 is 15.7 Å². The molecule has 2 heterocycles. The van der Waals surface area contributed by atoms with E-state index in [0.717, 1.165) is 32.5 Å². The molecule has 0 spiro atoms. The van der Waals surface area contributed by atoms with E-state index in [1.807, 2.05) is 6.92 Å². The molecule has 0 aliphatic carbocycles. The van der Waals surface area contributed by atoms with Gasteiger partial charge >= 0.3 is 0 Å². The molecule has 2 rings (SSSR count). The molecule has 1 fully saturated rings. The molecule has 1 aromatic rings. The van der Waals surface area contributed by atoms with E-state index in [1.165, 1.54) is 25.2 Å². The van der Waals surface area contributed by atoms with Gasteiger partial charge in [0.1, 0.15) is 0 Å². The number of carbonyl (C=O) groups excluding carboxylic acids is 1. The molecule has 1 atom stereocenters. The number of amides is 1. The lowest BCUT2D eigenvalue weighted by atomic mass is 10.0. The second-order valence-electron chi connectivity index (χ2n) is 5.80. The van der Waals surface area contributed by atoms with Gasteiger partial charge in [0, 0.05) is 38.1 Å². The molecule has 0 radical (unpaired) electrons. The third-order valence-corrected chi connectivity index (χ3v) is 4.12. The lowest BCUT2D eigenvalue weighted by Crippen LogP contribution is -2.43. The highest BCUT2D eigenvalue weighted by atomic mass is 16.3. The molecule has 128 valence electrons. The highest BCUT2D eigenvalue weighted by molar-refractivity contribution is 5.93. The number of rotatable bonds is 8. The fourth-order valence-electron chi connectivity index (χ4n) is 2.84. The predicted molar refractivity (Wildman–Crippen MR) is 89.4 cm³/mol. The van der Waals surface area contributed by atoms with E-state index in [9.17, 15) is 9.90 Å². The maximum Gasteiger partial charge on any atom is 0.254 e. The summed E-state index contributed by atoms with van der Waals surface area (Å²) in [5.41, 5.74) is 0.470. The van der Waals surface area contributed by atoms with Gasteiger partial charge in [0.25, 0.3) is 5.91 Å². The number of nitrogens with zero attached hydrogens (tertiary/aromatic N) is 3. The summed E-state index contributed by atoms with van der Waals surface area (Å²) in [6.07, 6.45) is 7.40. The van der Waals surface area contributed by atoms with E-state index in [0.29, 0.717) is 18.1 Å². The predicted octanol–water partition coefficient (Wildman–Crippen LogP) is 0.875. The van der Waals surface area contributed by atoms with Crippen molar-refractivity contribution < 1.29 is 9.90 Å². The first-order valence-corrected chi connectivity index (χ1v) is 8.43. The van der Waals surface area contributed by atoms with Crippen LogP contribution < -0.4 is 10.6 Å². The highest BCUT2D eigenvalue weighted by Gasteiger charge is 2.20. The molecule has 23 heavy (non-hydrogen) atoms. The van der Waals surface area contributed by atoms with E-state index < -0.39 is 0 Å². The lowest BCUT2D eigenvalue weighted by Gasteiger charge is -2.34. The fourth-order valence-corrected chi connectivity index (χ4v) is 2.84. The third kappa shape index (κ3) is 5.44. The number of likely N-dealkylation sites (tertiary alicyclic amines) is 1. The number of aliphatic hydroxyl groups excluding tert-OH is 1. The van der Waals surface area contributed by atoms with Crippen LogP contribution in [0.15, 0.2) is 12.4 Å². The van der Waals surface area contributed by atoms with Crippen LogP contribution in [-0.2, 0) is 0 Å². The van der Waals surface area contributed by atoms with Crippen molar-refractivity contribution in [3.63, 3.8) is 0 Å². The summed E-state index contributed by atoms with van der Waals surface area (Å²) < 4.78 is 0. The quantitative estimate of drug-likeness (QED) is 0.616. The highest BCUT2D eigenvalue weighted by Crippen LogP contribution is 2.16. The molecule has 1 saturated heterocycles. The first-order chi connectivity index (χ1) is 11.2. The maximum absolute atomic E-state index is 12.0. The van der Waals surface area contributed by atoms with Gasteiger partial charge in [-0.25, -0.2) is 9.97 Å². The van der Waals surface area contributed by atoms with Gasteiger partial charge in [0.05, 0.1) is 12.2 Å². The molecular weight excluding hydrogens is 294 g/mol. The minimum Gasteiger partial charge on any atom is -0.395 e. The zero-order chi connectivity index (χ0) is 16.5. The molecule has 7 nitrogen and oxygen atoms in total. The van der Waals surface area contributed by atoms with Crippen molar-refractivity contribution in [1.29, 1.82) is 0 Å². The van der Waals surface area contributed by atoms with Crippen molar-refractivity contribution in [2.24, 2.45) is 0 Å². The number of aliphatic hydroxyl groups is 1. The van der Waals surface area contributed by atoms with Crippen molar-refractivity contribution in [1.82, 2.24) is 20.2 Å². The SMILES string of the molecule is CCNc1ncc(C(=O)NCCCN2CCCC[C@@H]2CO)cn1. The Morgan fingerprint density at radius 1 is 1.39 bits per heavy atom. The topological polar surface area (TPSA) is 90.4 Å². The second-order valence-corrected chi connectivity index (χ2v) is 5.80. The number of nitrogens with one attached hydrogen (secondary N) is 2. The molecule has 0 saturated carbocycles. The molecule has 1 aliphatic rings. The van der Waals surface area contributed by atoms with Gasteiger partial charge in [-0.2, -0.15) is 0 Å². The summed E-state index contributed by atoms with van der Waals surface area (Å²) in [5.74, 6) is 0.384. The Hall–Kier alpha value is -1.73. The Balaban J connectivity index is 1.69.